The van der Waals surface area contributed by atoms with E-state index in [1.54, 1.807) is 7.11 Å². The number of carbonyl (C=O) groups excluding carboxylic acids is 1. The van der Waals surface area contributed by atoms with Gasteiger partial charge in [0.15, 0.2) is 0 Å². The molecule has 0 heterocycles. The molecule has 1 rings (SSSR count). The molecule has 1 atom stereocenters. The van der Waals surface area contributed by atoms with Crippen LogP contribution in [0.15, 0.2) is 0 Å². The van der Waals surface area contributed by atoms with E-state index in [2.05, 4.69) is 0 Å². The second-order valence-electron chi connectivity index (χ2n) is 4.40. The first-order valence-corrected chi connectivity index (χ1v) is 6.18. The minimum atomic E-state index is -0.210. The first-order chi connectivity index (χ1) is 7.76. The highest BCUT2D eigenvalue weighted by atomic mass is 16.5. The molecule has 0 saturated heterocycles. The van der Waals surface area contributed by atoms with Gasteiger partial charge in [-0.2, -0.15) is 0 Å². The third-order valence-corrected chi connectivity index (χ3v) is 3.09. The van der Waals surface area contributed by atoms with E-state index < -0.39 is 0 Å². The van der Waals surface area contributed by atoms with Crippen LogP contribution in [0.25, 0.3) is 0 Å². The van der Waals surface area contributed by atoms with Crippen LogP contribution in [-0.2, 0) is 14.3 Å². The second-order valence-corrected chi connectivity index (χ2v) is 4.40. The Kier molecular flexibility index (Phi) is 6.42. The Hall–Kier alpha value is -0.610. The fourth-order valence-electron chi connectivity index (χ4n) is 2.04. The van der Waals surface area contributed by atoms with Crippen LogP contribution in [0.1, 0.15) is 44.9 Å². The summed E-state index contributed by atoms with van der Waals surface area (Å²) in [4.78, 5) is 11.6. The maximum atomic E-state index is 11.6. The van der Waals surface area contributed by atoms with E-state index in [0.717, 1.165) is 12.8 Å². The Balaban J connectivity index is 2.26. The van der Waals surface area contributed by atoms with Gasteiger partial charge in [0.25, 0.3) is 0 Å². The van der Waals surface area contributed by atoms with E-state index in [9.17, 15) is 4.79 Å². The van der Waals surface area contributed by atoms with Gasteiger partial charge in [0, 0.05) is 13.7 Å². The normalized spacial score (nSPS) is 20.1. The average molecular weight is 229 g/mol. The van der Waals surface area contributed by atoms with Crippen molar-refractivity contribution in [2.75, 3.05) is 13.7 Å². The van der Waals surface area contributed by atoms with Crippen molar-refractivity contribution in [3.05, 3.63) is 0 Å². The summed E-state index contributed by atoms with van der Waals surface area (Å²) in [7, 11) is 1.57. The first-order valence-electron chi connectivity index (χ1n) is 6.18. The van der Waals surface area contributed by atoms with Crippen LogP contribution >= 0.6 is 0 Å². The molecule has 0 aliphatic heterocycles. The van der Waals surface area contributed by atoms with Gasteiger partial charge in [-0.1, -0.05) is 12.8 Å². The number of esters is 1. The van der Waals surface area contributed by atoms with E-state index in [0.29, 0.717) is 6.54 Å². The molecule has 4 nitrogen and oxygen atoms in total. The minimum absolute atomic E-state index is 0.116. The number of methoxy groups -OCH3 is 1. The molecule has 4 heteroatoms. The van der Waals surface area contributed by atoms with Gasteiger partial charge >= 0.3 is 5.97 Å². The highest BCUT2D eigenvalue weighted by Gasteiger charge is 2.19. The van der Waals surface area contributed by atoms with Gasteiger partial charge in [0.05, 0.1) is 12.5 Å². The van der Waals surface area contributed by atoms with E-state index in [1.807, 2.05) is 0 Å². The zero-order valence-corrected chi connectivity index (χ0v) is 10.1. The molecule has 2 N–H and O–H groups in total. The molecule has 0 spiro atoms. The van der Waals surface area contributed by atoms with Crippen LogP contribution in [0.2, 0.25) is 0 Å². The molecule has 0 aromatic heterocycles. The monoisotopic (exact) mass is 229 g/mol. The Morgan fingerprint density at radius 2 is 1.94 bits per heavy atom. The number of hydrogen-bond acceptors (Lipinski definition) is 4. The zero-order valence-electron chi connectivity index (χ0n) is 10.1. The topological polar surface area (TPSA) is 61.5 Å². The molecule has 0 amide bonds. The highest BCUT2D eigenvalue weighted by molar-refractivity contribution is 5.70. The van der Waals surface area contributed by atoms with Crippen LogP contribution in [0, 0.1) is 0 Å². The van der Waals surface area contributed by atoms with Crippen molar-refractivity contribution in [1.29, 1.82) is 0 Å². The van der Waals surface area contributed by atoms with Crippen molar-refractivity contribution < 1.29 is 14.3 Å². The standard InChI is InChI=1S/C12H23NO3/c1-15-11(9-13)8-12(14)16-10-6-4-2-3-5-7-10/h10-11H,2-9,13H2,1H3. The van der Waals surface area contributed by atoms with Gasteiger partial charge in [-0.15, -0.1) is 0 Å². The molecule has 0 aromatic carbocycles. The van der Waals surface area contributed by atoms with Crippen molar-refractivity contribution in [1.82, 2.24) is 0 Å². The molecule has 0 aromatic rings. The van der Waals surface area contributed by atoms with Crippen molar-refractivity contribution >= 4 is 5.97 Å². The quantitative estimate of drug-likeness (QED) is 0.575. The number of ether oxygens (including phenoxy) is 2. The molecular formula is C12H23NO3. The van der Waals surface area contributed by atoms with Crippen molar-refractivity contribution in [3.63, 3.8) is 0 Å². The summed E-state index contributed by atoms with van der Waals surface area (Å²) < 4.78 is 10.5. The van der Waals surface area contributed by atoms with Crippen LogP contribution in [-0.4, -0.2) is 31.8 Å². The van der Waals surface area contributed by atoms with Gasteiger partial charge in [0.2, 0.25) is 0 Å². The fraction of sp³-hybridized carbons (Fsp3) is 0.917. The van der Waals surface area contributed by atoms with Crippen LogP contribution < -0.4 is 5.73 Å². The number of rotatable bonds is 5. The van der Waals surface area contributed by atoms with Crippen molar-refractivity contribution in [2.45, 2.75) is 57.2 Å². The van der Waals surface area contributed by atoms with Crippen molar-refractivity contribution in [2.24, 2.45) is 5.73 Å². The lowest BCUT2D eigenvalue weighted by Gasteiger charge is -2.17. The fourth-order valence-corrected chi connectivity index (χ4v) is 2.04. The minimum Gasteiger partial charge on any atom is -0.462 e. The maximum Gasteiger partial charge on any atom is 0.308 e. The predicted molar refractivity (Wildman–Crippen MR) is 62.1 cm³/mol. The van der Waals surface area contributed by atoms with Gasteiger partial charge in [-0.3, -0.25) is 4.79 Å². The van der Waals surface area contributed by atoms with E-state index >= 15 is 0 Å². The molecule has 0 bridgehead atoms. The SMILES string of the molecule is COC(CN)CC(=O)OC1CCCCCC1. The van der Waals surface area contributed by atoms with Gasteiger partial charge in [-0.05, 0) is 25.7 Å². The predicted octanol–water partition coefficient (Wildman–Crippen LogP) is 1.62. The zero-order chi connectivity index (χ0) is 11.8. The first kappa shape index (κ1) is 13.5. The summed E-state index contributed by atoms with van der Waals surface area (Å²) in [6.45, 7) is 0.357. The number of hydrogen-bond donors (Lipinski definition) is 1. The Bertz CT molecular complexity index is 196. The van der Waals surface area contributed by atoms with Gasteiger partial charge in [-0.25, -0.2) is 0 Å². The summed E-state index contributed by atoms with van der Waals surface area (Å²) >= 11 is 0. The maximum absolute atomic E-state index is 11.6. The molecule has 1 aliphatic carbocycles. The summed E-state index contributed by atoms with van der Waals surface area (Å²) in [5, 5.41) is 0. The molecule has 1 unspecified atom stereocenters. The second kappa shape index (κ2) is 7.63. The third-order valence-electron chi connectivity index (χ3n) is 3.09. The Morgan fingerprint density at radius 1 is 1.31 bits per heavy atom. The van der Waals surface area contributed by atoms with E-state index in [-0.39, 0.29) is 24.6 Å². The molecule has 1 saturated carbocycles. The molecule has 1 fully saturated rings. The summed E-state index contributed by atoms with van der Waals surface area (Å²) in [6.07, 6.45) is 7.05. The highest BCUT2D eigenvalue weighted by Crippen LogP contribution is 2.20. The molecule has 94 valence electrons. The van der Waals surface area contributed by atoms with Crippen LogP contribution in [0.4, 0.5) is 0 Å². The van der Waals surface area contributed by atoms with Crippen LogP contribution in [0.3, 0.4) is 0 Å². The van der Waals surface area contributed by atoms with Crippen molar-refractivity contribution in [3.8, 4) is 0 Å². The smallest absolute Gasteiger partial charge is 0.308 e. The Morgan fingerprint density at radius 3 is 2.44 bits per heavy atom. The van der Waals surface area contributed by atoms with Gasteiger partial charge < -0.3 is 15.2 Å². The number of carbonyl (C=O) groups is 1. The summed E-state index contributed by atoms with van der Waals surface area (Å²) in [6, 6.07) is 0. The molecule has 1 aliphatic rings. The van der Waals surface area contributed by atoms with Gasteiger partial charge in [0.1, 0.15) is 6.10 Å². The third kappa shape index (κ3) is 4.94. The van der Waals surface area contributed by atoms with E-state index in [4.69, 9.17) is 15.2 Å². The molecule has 16 heavy (non-hydrogen) atoms. The largest absolute Gasteiger partial charge is 0.462 e. The molecule has 0 radical (unpaired) electrons. The lowest BCUT2D eigenvalue weighted by atomic mass is 10.1. The lowest BCUT2D eigenvalue weighted by Crippen LogP contribution is -2.28. The van der Waals surface area contributed by atoms with E-state index in [1.165, 1.54) is 25.7 Å². The lowest BCUT2D eigenvalue weighted by molar-refractivity contribution is -0.152. The average Bonchev–Trinajstić information content (AvgIpc) is 2.54. The summed E-state index contributed by atoms with van der Waals surface area (Å²) in [5.74, 6) is -0.177. The van der Waals surface area contributed by atoms with Crippen LogP contribution in [0.5, 0.6) is 0 Å². The molecular weight excluding hydrogens is 206 g/mol. The number of nitrogens with two attached hydrogens (primary N) is 1. The summed E-state index contributed by atoms with van der Waals surface area (Å²) in [5.41, 5.74) is 5.46. The Labute approximate surface area is 97.5 Å².